The zero-order chi connectivity index (χ0) is 21.0. The first kappa shape index (κ1) is 20.1. The van der Waals surface area contributed by atoms with Gasteiger partial charge >= 0.3 is 5.97 Å². The molecule has 0 aliphatic rings. The van der Waals surface area contributed by atoms with E-state index < -0.39 is 23.5 Å². The lowest BCUT2D eigenvalue weighted by Gasteiger charge is -2.12. The number of nitrogens with one attached hydrogen (secondary N) is 3. The Labute approximate surface area is 169 Å². The Morgan fingerprint density at radius 1 is 1.24 bits per heavy atom. The fourth-order valence-corrected chi connectivity index (χ4v) is 2.66. The molecule has 3 aromatic rings. The molecule has 0 fully saturated rings. The van der Waals surface area contributed by atoms with Crippen LogP contribution in [0.4, 0.5) is 11.6 Å². The van der Waals surface area contributed by atoms with Crippen molar-refractivity contribution in [2.75, 3.05) is 16.8 Å². The molecule has 0 aliphatic heterocycles. The summed E-state index contributed by atoms with van der Waals surface area (Å²) < 4.78 is 0. The van der Waals surface area contributed by atoms with Crippen LogP contribution in [0.5, 0.6) is 0 Å². The Kier molecular flexibility index (Phi) is 5.93. The Bertz CT molecular complexity index is 1120. The standard InChI is InChI=1S/C17H17N7O4S/c18-17-23-13-12(15(26)24-17)21-10(6-20-13)5-19-9-3-1-8(2-4-9)14(25)22-11(7-29)16(27)28/h1-4,6,11,19,29H,5,7H2,(H,22,25)(H,27,28)(H3,18,20,23,24,26)/t11-/m0/s1. The molecule has 0 saturated heterocycles. The lowest BCUT2D eigenvalue weighted by atomic mass is 10.2. The van der Waals surface area contributed by atoms with Gasteiger partial charge in [0.05, 0.1) is 18.4 Å². The van der Waals surface area contributed by atoms with Gasteiger partial charge < -0.3 is 21.5 Å². The van der Waals surface area contributed by atoms with E-state index in [1.54, 1.807) is 24.3 Å². The molecule has 2 aromatic heterocycles. The molecule has 0 bridgehead atoms. The average molecular weight is 415 g/mol. The summed E-state index contributed by atoms with van der Waals surface area (Å²) in [5.74, 6) is -1.71. The minimum atomic E-state index is -1.15. The van der Waals surface area contributed by atoms with Crippen LogP contribution >= 0.6 is 12.6 Å². The quantitative estimate of drug-likeness (QED) is 0.290. The van der Waals surface area contributed by atoms with E-state index in [4.69, 9.17) is 10.8 Å². The molecule has 0 saturated carbocycles. The number of rotatable bonds is 7. The third-order valence-corrected chi connectivity index (χ3v) is 4.26. The largest absolute Gasteiger partial charge is 0.480 e. The second-order valence-electron chi connectivity index (χ2n) is 5.96. The van der Waals surface area contributed by atoms with Gasteiger partial charge in [-0.2, -0.15) is 17.6 Å². The Morgan fingerprint density at radius 3 is 2.62 bits per heavy atom. The number of carboxylic acid groups (broad SMARTS) is 1. The highest BCUT2D eigenvalue weighted by Gasteiger charge is 2.18. The normalized spacial score (nSPS) is 11.8. The van der Waals surface area contributed by atoms with Gasteiger partial charge in [0, 0.05) is 17.0 Å². The number of carbonyl (C=O) groups is 2. The highest BCUT2D eigenvalue weighted by Crippen LogP contribution is 2.12. The number of benzene rings is 1. The van der Waals surface area contributed by atoms with Crippen molar-refractivity contribution in [2.45, 2.75) is 12.6 Å². The fourth-order valence-electron chi connectivity index (χ4n) is 2.42. The Hall–Kier alpha value is -3.67. The molecule has 0 aliphatic carbocycles. The highest BCUT2D eigenvalue weighted by atomic mass is 32.1. The molecule has 0 radical (unpaired) electrons. The summed E-state index contributed by atoms with van der Waals surface area (Å²) >= 11 is 3.91. The van der Waals surface area contributed by atoms with Gasteiger partial charge in [0.25, 0.3) is 11.5 Å². The topological polar surface area (TPSA) is 176 Å². The third-order valence-electron chi connectivity index (χ3n) is 3.89. The molecule has 1 amide bonds. The van der Waals surface area contributed by atoms with Crippen LogP contribution in [0.2, 0.25) is 0 Å². The lowest BCUT2D eigenvalue weighted by Crippen LogP contribution is -2.42. The first-order chi connectivity index (χ1) is 13.9. The van der Waals surface area contributed by atoms with Crippen molar-refractivity contribution in [3.8, 4) is 0 Å². The summed E-state index contributed by atoms with van der Waals surface area (Å²) in [4.78, 5) is 49.5. The summed E-state index contributed by atoms with van der Waals surface area (Å²) in [6, 6.07) is 5.36. The number of H-pyrrole nitrogens is 1. The predicted molar refractivity (Wildman–Crippen MR) is 109 cm³/mol. The lowest BCUT2D eigenvalue weighted by molar-refractivity contribution is -0.138. The van der Waals surface area contributed by atoms with Crippen molar-refractivity contribution in [1.29, 1.82) is 0 Å². The fraction of sp³-hybridized carbons (Fsp3) is 0.176. The van der Waals surface area contributed by atoms with E-state index in [2.05, 4.69) is 43.2 Å². The van der Waals surface area contributed by atoms with E-state index >= 15 is 0 Å². The second-order valence-corrected chi connectivity index (χ2v) is 6.33. The molecule has 3 rings (SSSR count). The first-order valence-corrected chi connectivity index (χ1v) is 9.00. The van der Waals surface area contributed by atoms with E-state index in [0.29, 0.717) is 16.9 Å². The molecular formula is C17H17N7O4S. The van der Waals surface area contributed by atoms with Crippen LogP contribution in [0.3, 0.4) is 0 Å². The molecular weight excluding hydrogens is 398 g/mol. The number of nitrogens with two attached hydrogens (primary N) is 1. The molecule has 12 heteroatoms. The summed E-state index contributed by atoms with van der Waals surface area (Å²) in [7, 11) is 0. The Morgan fingerprint density at radius 2 is 1.97 bits per heavy atom. The van der Waals surface area contributed by atoms with E-state index in [0.717, 1.165) is 0 Å². The molecule has 1 atom stereocenters. The van der Waals surface area contributed by atoms with Crippen molar-refractivity contribution < 1.29 is 14.7 Å². The number of aromatic amines is 1. The molecule has 29 heavy (non-hydrogen) atoms. The molecule has 0 spiro atoms. The predicted octanol–water partition coefficient (Wildman–Crippen LogP) is 0.0202. The van der Waals surface area contributed by atoms with Crippen LogP contribution in [-0.4, -0.2) is 48.7 Å². The number of nitrogen functional groups attached to an aromatic ring is 1. The molecule has 1 aromatic carbocycles. The van der Waals surface area contributed by atoms with Crippen LogP contribution in [0, 0.1) is 0 Å². The van der Waals surface area contributed by atoms with Gasteiger partial charge in [0.15, 0.2) is 11.2 Å². The van der Waals surface area contributed by atoms with Crippen molar-refractivity contribution >= 4 is 47.3 Å². The monoisotopic (exact) mass is 415 g/mol. The van der Waals surface area contributed by atoms with Crippen LogP contribution in [-0.2, 0) is 11.3 Å². The van der Waals surface area contributed by atoms with E-state index in [1.807, 2.05) is 0 Å². The van der Waals surface area contributed by atoms with Gasteiger partial charge in [-0.3, -0.25) is 14.6 Å². The van der Waals surface area contributed by atoms with Gasteiger partial charge in [0.2, 0.25) is 5.95 Å². The summed E-state index contributed by atoms with van der Waals surface area (Å²) in [5, 5.41) is 14.5. The van der Waals surface area contributed by atoms with Gasteiger partial charge in [-0.05, 0) is 24.3 Å². The van der Waals surface area contributed by atoms with E-state index in [-0.39, 0.29) is 29.4 Å². The van der Waals surface area contributed by atoms with Gasteiger partial charge in [-0.15, -0.1) is 0 Å². The van der Waals surface area contributed by atoms with Crippen molar-refractivity contribution in [3.63, 3.8) is 0 Å². The minimum Gasteiger partial charge on any atom is -0.480 e. The number of hydrogen-bond acceptors (Lipinski definition) is 9. The van der Waals surface area contributed by atoms with Gasteiger partial charge in [-0.1, -0.05) is 0 Å². The van der Waals surface area contributed by atoms with Gasteiger partial charge in [0.1, 0.15) is 6.04 Å². The molecule has 11 nitrogen and oxygen atoms in total. The highest BCUT2D eigenvalue weighted by molar-refractivity contribution is 7.80. The number of fused-ring (bicyclic) bond motifs is 1. The zero-order valence-electron chi connectivity index (χ0n) is 14.9. The number of carboxylic acids is 1. The summed E-state index contributed by atoms with van der Waals surface area (Å²) in [6.45, 7) is 0.277. The first-order valence-electron chi connectivity index (χ1n) is 8.37. The van der Waals surface area contributed by atoms with E-state index in [1.165, 1.54) is 6.20 Å². The summed E-state index contributed by atoms with van der Waals surface area (Å²) in [5.41, 5.74) is 6.75. The van der Waals surface area contributed by atoms with Crippen molar-refractivity contribution in [1.82, 2.24) is 25.3 Å². The number of carbonyl (C=O) groups excluding carboxylic acids is 1. The number of aliphatic carboxylic acids is 1. The Balaban J connectivity index is 1.66. The molecule has 0 unspecified atom stereocenters. The maximum absolute atomic E-state index is 12.1. The number of aromatic nitrogens is 4. The number of amides is 1. The number of thiol groups is 1. The number of nitrogens with zero attached hydrogens (tertiary/aromatic N) is 3. The SMILES string of the molecule is Nc1nc2ncc(CNc3ccc(C(=O)N[C@@H](CS)C(=O)O)cc3)nc2c(=O)[nH]1. The maximum atomic E-state index is 12.1. The van der Waals surface area contributed by atoms with E-state index in [9.17, 15) is 14.4 Å². The maximum Gasteiger partial charge on any atom is 0.327 e. The van der Waals surface area contributed by atoms with Gasteiger partial charge in [-0.25, -0.2) is 14.8 Å². The minimum absolute atomic E-state index is 0.0154. The van der Waals surface area contributed by atoms with Crippen LogP contribution in [0.1, 0.15) is 16.1 Å². The number of anilines is 2. The number of hydrogen-bond donors (Lipinski definition) is 6. The summed E-state index contributed by atoms with van der Waals surface area (Å²) in [6.07, 6.45) is 1.48. The van der Waals surface area contributed by atoms with Crippen LogP contribution < -0.4 is 21.9 Å². The van der Waals surface area contributed by atoms with Crippen LogP contribution in [0.25, 0.3) is 11.2 Å². The average Bonchev–Trinajstić information content (AvgIpc) is 2.70. The van der Waals surface area contributed by atoms with Crippen LogP contribution in [0.15, 0.2) is 35.3 Å². The molecule has 6 N–H and O–H groups in total. The molecule has 150 valence electrons. The molecule has 2 heterocycles. The zero-order valence-corrected chi connectivity index (χ0v) is 15.8. The third kappa shape index (κ3) is 4.79. The van der Waals surface area contributed by atoms with Crippen molar-refractivity contribution in [3.05, 3.63) is 52.1 Å². The van der Waals surface area contributed by atoms with Crippen molar-refractivity contribution in [2.24, 2.45) is 0 Å². The smallest absolute Gasteiger partial charge is 0.327 e. The second kappa shape index (κ2) is 8.56.